The Morgan fingerprint density at radius 2 is 1.90 bits per heavy atom. The third-order valence-corrected chi connectivity index (χ3v) is 4.47. The van der Waals surface area contributed by atoms with Crippen LogP contribution in [0.4, 0.5) is 0 Å². The first-order chi connectivity index (χ1) is 10.2. The molecular weight excluding hydrogens is 264 g/mol. The SMILES string of the molecule is N[C@H](Cc1ccccc1)C(=O)NCC1CCCCC1CO. The molecule has 4 nitrogen and oxygen atoms in total. The normalized spacial score (nSPS) is 23.5. The molecule has 1 saturated carbocycles. The molecule has 0 saturated heterocycles. The summed E-state index contributed by atoms with van der Waals surface area (Å²) in [6.45, 7) is 0.850. The second kappa shape index (κ2) is 8.15. The van der Waals surface area contributed by atoms with E-state index in [1.807, 2.05) is 30.3 Å². The van der Waals surface area contributed by atoms with Gasteiger partial charge in [0.25, 0.3) is 0 Å². The van der Waals surface area contributed by atoms with E-state index >= 15 is 0 Å². The van der Waals surface area contributed by atoms with E-state index in [1.54, 1.807) is 0 Å². The summed E-state index contributed by atoms with van der Waals surface area (Å²) < 4.78 is 0. The molecule has 0 aromatic heterocycles. The van der Waals surface area contributed by atoms with E-state index in [9.17, 15) is 9.90 Å². The summed E-state index contributed by atoms with van der Waals surface area (Å²) in [5, 5.41) is 12.4. The van der Waals surface area contributed by atoms with Crippen molar-refractivity contribution in [3.05, 3.63) is 35.9 Å². The Morgan fingerprint density at radius 3 is 2.57 bits per heavy atom. The Hall–Kier alpha value is -1.39. The van der Waals surface area contributed by atoms with Crippen LogP contribution in [0.3, 0.4) is 0 Å². The molecule has 0 aliphatic heterocycles. The summed E-state index contributed by atoms with van der Waals surface area (Å²) in [5.74, 6) is 0.613. The van der Waals surface area contributed by atoms with Gasteiger partial charge in [0.15, 0.2) is 0 Å². The van der Waals surface area contributed by atoms with E-state index in [-0.39, 0.29) is 12.5 Å². The van der Waals surface area contributed by atoms with Gasteiger partial charge in [-0.15, -0.1) is 0 Å². The minimum absolute atomic E-state index is 0.0962. The smallest absolute Gasteiger partial charge is 0.237 e. The van der Waals surface area contributed by atoms with Gasteiger partial charge in [0.1, 0.15) is 0 Å². The topological polar surface area (TPSA) is 75.4 Å². The number of carbonyl (C=O) groups is 1. The molecule has 3 atom stereocenters. The van der Waals surface area contributed by atoms with Gasteiger partial charge >= 0.3 is 0 Å². The Kier molecular flexibility index (Phi) is 6.21. The van der Waals surface area contributed by atoms with E-state index in [0.717, 1.165) is 18.4 Å². The zero-order valence-corrected chi connectivity index (χ0v) is 12.5. The summed E-state index contributed by atoms with van der Waals surface area (Å²) in [6.07, 6.45) is 5.07. The van der Waals surface area contributed by atoms with Gasteiger partial charge in [-0.2, -0.15) is 0 Å². The third-order valence-electron chi connectivity index (χ3n) is 4.47. The summed E-state index contributed by atoms with van der Waals surface area (Å²) in [6, 6.07) is 9.31. The van der Waals surface area contributed by atoms with Gasteiger partial charge in [0.2, 0.25) is 5.91 Å². The number of benzene rings is 1. The number of hydrogen-bond donors (Lipinski definition) is 3. The highest BCUT2D eigenvalue weighted by Gasteiger charge is 2.25. The zero-order valence-electron chi connectivity index (χ0n) is 12.5. The molecule has 1 fully saturated rings. The third kappa shape index (κ3) is 4.83. The Bertz CT molecular complexity index is 436. The zero-order chi connectivity index (χ0) is 15.1. The number of amides is 1. The first-order valence-corrected chi connectivity index (χ1v) is 7.88. The fourth-order valence-corrected chi connectivity index (χ4v) is 3.12. The molecule has 4 heteroatoms. The average Bonchev–Trinajstić information content (AvgIpc) is 2.53. The molecule has 0 radical (unpaired) electrons. The fraction of sp³-hybridized carbons (Fsp3) is 0.588. The number of nitrogens with two attached hydrogens (primary N) is 1. The average molecular weight is 290 g/mol. The lowest BCUT2D eigenvalue weighted by molar-refractivity contribution is -0.122. The summed E-state index contributed by atoms with van der Waals surface area (Å²) in [7, 11) is 0. The second-order valence-electron chi connectivity index (χ2n) is 6.03. The predicted molar refractivity (Wildman–Crippen MR) is 83.7 cm³/mol. The van der Waals surface area contributed by atoms with Crippen molar-refractivity contribution in [2.75, 3.05) is 13.2 Å². The largest absolute Gasteiger partial charge is 0.396 e. The van der Waals surface area contributed by atoms with Crippen molar-refractivity contribution >= 4 is 5.91 Å². The molecule has 2 rings (SSSR count). The fourth-order valence-electron chi connectivity index (χ4n) is 3.12. The standard InChI is InChI=1S/C17H26N2O2/c18-16(10-13-6-2-1-3-7-13)17(21)19-11-14-8-4-5-9-15(14)12-20/h1-3,6-7,14-16,20H,4-5,8-12,18H2,(H,19,21)/t14?,15?,16-/m1/s1. The van der Waals surface area contributed by atoms with Gasteiger partial charge in [0.05, 0.1) is 6.04 Å². The van der Waals surface area contributed by atoms with Crippen LogP contribution >= 0.6 is 0 Å². The molecule has 2 unspecified atom stereocenters. The van der Waals surface area contributed by atoms with Gasteiger partial charge in [-0.1, -0.05) is 43.2 Å². The first kappa shape index (κ1) is 16.0. The van der Waals surface area contributed by atoms with E-state index in [0.29, 0.717) is 24.8 Å². The van der Waals surface area contributed by atoms with Crippen molar-refractivity contribution in [1.29, 1.82) is 0 Å². The molecule has 0 bridgehead atoms. The molecule has 1 aromatic rings. The van der Waals surface area contributed by atoms with Gasteiger partial charge in [-0.05, 0) is 36.7 Å². The molecular formula is C17H26N2O2. The molecule has 4 N–H and O–H groups in total. The van der Waals surface area contributed by atoms with Crippen molar-refractivity contribution < 1.29 is 9.90 Å². The van der Waals surface area contributed by atoms with Gasteiger partial charge in [-0.3, -0.25) is 4.79 Å². The lowest BCUT2D eigenvalue weighted by Crippen LogP contribution is -2.45. The van der Waals surface area contributed by atoms with Crippen LogP contribution in [0.5, 0.6) is 0 Å². The molecule has 0 spiro atoms. The van der Waals surface area contributed by atoms with Crippen LogP contribution in [0, 0.1) is 11.8 Å². The highest BCUT2D eigenvalue weighted by atomic mass is 16.3. The number of nitrogens with one attached hydrogen (secondary N) is 1. The van der Waals surface area contributed by atoms with Crippen LogP contribution in [0.1, 0.15) is 31.2 Å². The Balaban J connectivity index is 1.78. The number of carbonyl (C=O) groups excluding carboxylic acids is 1. The van der Waals surface area contributed by atoms with Gasteiger partial charge in [0, 0.05) is 13.2 Å². The maximum atomic E-state index is 12.1. The van der Waals surface area contributed by atoms with Crippen molar-refractivity contribution in [2.24, 2.45) is 17.6 Å². The number of aliphatic hydroxyl groups is 1. The lowest BCUT2D eigenvalue weighted by Gasteiger charge is -2.30. The van der Waals surface area contributed by atoms with E-state index in [4.69, 9.17) is 5.73 Å². The van der Waals surface area contributed by atoms with E-state index < -0.39 is 6.04 Å². The van der Waals surface area contributed by atoms with Crippen LogP contribution in [0.25, 0.3) is 0 Å². The van der Waals surface area contributed by atoms with Crippen LogP contribution < -0.4 is 11.1 Å². The Labute approximate surface area is 126 Å². The number of hydrogen-bond acceptors (Lipinski definition) is 3. The molecule has 1 amide bonds. The second-order valence-corrected chi connectivity index (χ2v) is 6.03. The monoisotopic (exact) mass is 290 g/mol. The van der Waals surface area contributed by atoms with Crippen molar-refractivity contribution in [3.63, 3.8) is 0 Å². The number of rotatable bonds is 6. The maximum absolute atomic E-state index is 12.1. The quantitative estimate of drug-likeness (QED) is 0.742. The van der Waals surface area contributed by atoms with Gasteiger partial charge < -0.3 is 16.2 Å². The molecule has 21 heavy (non-hydrogen) atoms. The minimum atomic E-state index is -0.511. The van der Waals surface area contributed by atoms with Crippen LogP contribution in [-0.4, -0.2) is 30.2 Å². The Morgan fingerprint density at radius 1 is 1.24 bits per heavy atom. The summed E-state index contributed by atoms with van der Waals surface area (Å²) in [5.41, 5.74) is 7.05. The minimum Gasteiger partial charge on any atom is -0.396 e. The van der Waals surface area contributed by atoms with Crippen LogP contribution in [0.2, 0.25) is 0 Å². The molecule has 1 aliphatic carbocycles. The highest BCUT2D eigenvalue weighted by Crippen LogP contribution is 2.29. The highest BCUT2D eigenvalue weighted by molar-refractivity contribution is 5.81. The predicted octanol–water partition coefficient (Wildman–Crippen LogP) is 1.47. The lowest BCUT2D eigenvalue weighted by atomic mass is 9.79. The van der Waals surface area contributed by atoms with E-state index in [2.05, 4.69) is 5.32 Å². The summed E-state index contributed by atoms with van der Waals surface area (Å²) >= 11 is 0. The van der Waals surface area contributed by atoms with Crippen molar-refractivity contribution in [2.45, 2.75) is 38.1 Å². The molecule has 1 aromatic carbocycles. The number of aliphatic hydroxyl groups excluding tert-OH is 1. The summed E-state index contributed by atoms with van der Waals surface area (Å²) in [4.78, 5) is 12.1. The van der Waals surface area contributed by atoms with Crippen LogP contribution in [-0.2, 0) is 11.2 Å². The molecule has 116 valence electrons. The van der Waals surface area contributed by atoms with Crippen molar-refractivity contribution in [1.82, 2.24) is 5.32 Å². The van der Waals surface area contributed by atoms with Crippen LogP contribution in [0.15, 0.2) is 30.3 Å². The first-order valence-electron chi connectivity index (χ1n) is 7.88. The van der Waals surface area contributed by atoms with E-state index in [1.165, 1.54) is 12.8 Å². The molecule has 0 heterocycles. The van der Waals surface area contributed by atoms with Crippen molar-refractivity contribution in [3.8, 4) is 0 Å². The van der Waals surface area contributed by atoms with Gasteiger partial charge in [-0.25, -0.2) is 0 Å². The maximum Gasteiger partial charge on any atom is 0.237 e. The molecule has 1 aliphatic rings.